The van der Waals surface area contributed by atoms with Gasteiger partial charge in [0.05, 0.1) is 23.2 Å². The lowest BCUT2D eigenvalue weighted by Gasteiger charge is -2.39. The van der Waals surface area contributed by atoms with Gasteiger partial charge in [0.1, 0.15) is 12.2 Å². The summed E-state index contributed by atoms with van der Waals surface area (Å²) in [5, 5.41) is 31.2. The van der Waals surface area contributed by atoms with Gasteiger partial charge in [-0.2, -0.15) is 0 Å². The highest BCUT2D eigenvalue weighted by molar-refractivity contribution is 14.1. The van der Waals surface area contributed by atoms with Crippen molar-refractivity contribution >= 4 is 28.5 Å². The zero-order valence-electron chi connectivity index (χ0n) is 9.79. The fraction of sp³-hybridized carbons (Fsp3) is 0.889. The Morgan fingerprint density at radius 3 is 2.74 bits per heavy atom. The van der Waals surface area contributed by atoms with Gasteiger partial charge in [0, 0.05) is 11.3 Å². The molecule has 5 unspecified atom stereocenters. The van der Waals surface area contributed by atoms with Gasteiger partial charge in [-0.25, -0.2) is 0 Å². The molecule has 0 aromatic carbocycles. The Morgan fingerprint density at radius 1 is 1.47 bits per heavy atom. The summed E-state index contributed by atoms with van der Waals surface area (Å²) in [7, 11) is 0. The quantitative estimate of drug-likeness (QED) is 0.190. The van der Waals surface area contributed by atoms with E-state index in [2.05, 4.69) is 10.0 Å². The third kappa shape index (κ3) is 4.53. The number of aliphatic hydroxyl groups is 3. The van der Waals surface area contributed by atoms with Crippen molar-refractivity contribution in [1.82, 2.24) is 0 Å². The lowest BCUT2D eigenvalue weighted by Crippen LogP contribution is -2.57. The van der Waals surface area contributed by atoms with E-state index in [1.807, 2.05) is 22.6 Å². The van der Waals surface area contributed by atoms with Crippen LogP contribution in [0.2, 0.25) is 0 Å². The third-order valence-electron chi connectivity index (χ3n) is 2.56. The number of nitrogens with zero attached hydrogens (tertiary/aromatic N) is 3. The molecule has 1 fully saturated rings. The molecular weight excluding hydrogens is 373 g/mol. The predicted molar refractivity (Wildman–Crippen MR) is 70.3 cm³/mol. The van der Waals surface area contributed by atoms with Crippen LogP contribution in [-0.4, -0.2) is 63.0 Å². The van der Waals surface area contributed by atoms with Crippen molar-refractivity contribution in [3.05, 3.63) is 10.4 Å². The number of hydrogen-bond donors (Lipinski definition) is 3. The summed E-state index contributed by atoms with van der Waals surface area (Å²) in [6, 6.07) is 0. The summed E-state index contributed by atoms with van der Waals surface area (Å²) >= 11 is 1.85. The summed E-state index contributed by atoms with van der Waals surface area (Å²) in [5.74, 6) is -0.664. The van der Waals surface area contributed by atoms with Gasteiger partial charge in [-0.05, 0) is 10.6 Å². The van der Waals surface area contributed by atoms with Crippen LogP contribution in [0.3, 0.4) is 0 Å². The molecule has 0 aliphatic carbocycles. The molecule has 0 aromatic heterocycles. The molecule has 10 heteroatoms. The van der Waals surface area contributed by atoms with E-state index in [0.717, 1.165) is 0 Å². The second-order valence-corrected chi connectivity index (χ2v) is 5.29. The highest BCUT2D eigenvalue weighted by Crippen LogP contribution is 2.27. The van der Waals surface area contributed by atoms with E-state index < -0.39 is 41.0 Å². The fourth-order valence-corrected chi connectivity index (χ4v) is 2.34. The lowest BCUT2D eigenvalue weighted by atomic mass is 10.0. The van der Waals surface area contributed by atoms with Crippen LogP contribution in [0.1, 0.15) is 6.42 Å². The number of carbonyl (C=O) groups excluding carboxylic acids is 1. The molecule has 0 saturated carbocycles. The van der Waals surface area contributed by atoms with E-state index in [-0.39, 0.29) is 13.0 Å². The van der Waals surface area contributed by atoms with Gasteiger partial charge in [0.25, 0.3) is 0 Å². The van der Waals surface area contributed by atoms with E-state index in [0.29, 0.717) is 0 Å². The molecule has 5 atom stereocenters. The highest BCUT2D eigenvalue weighted by Gasteiger charge is 2.43. The first-order valence-corrected chi connectivity index (χ1v) is 6.72. The molecule has 0 spiro atoms. The normalized spacial score (nSPS) is 34.6. The molecule has 0 aromatic rings. The molecule has 108 valence electrons. The topological polar surface area (TPSA) is 145 Å². The summed E-state index contributed by atoms with van der Waals surface area (Å²) in [4.78, 5) is 13.3. The maximum atomic E-state index is 10.9. The molecule has 3 N–H and O–H groups in total. The van der Waals surface area contributed by atoms with Crippen LogP contribution < -0.4 is 0 Å². The number of aliphatic hydroxyl groups excluding tert-OH is 3. The minimum atomic E-state index is -1.20. The standard InChI is InChI=1S/C9H14IN3O6/c10-6-8(17)7(16)4(3-14)19-9(6)18-2-1-5(15)12-13-11/h4,6-9,14,16-17H,1-3H2. The molecule has 0 bridgehead atoms. The van der Waals surface area contributed by atoms with E-state index in [9.17, 15) is 15.0 Å². The number of amides is 1. The Morgan fingerprint density at radius 2 is 2.16 bits per heavy atom. The fourth-order valence-electron chi connectivity index (χ4n) is 1.54. The van der Waals surface area contributed by atoms with Crippen molar-refractivity contribution in [2.24, 2.45) is 5.11 Å². The van der Waals surface area contributed by atoms with Gasteiger partial charge in [-0.3, -0.25) is 4.79 Å². The Bertz CT molecular complexity index is 362. The minimum Gasteiger partial charge on any atom is -0.394 e. The number of rotatable bonds is 5. The molecule has 1 saturated heterocycles. The molecule has 0 radical (unpaired) electrons. The number of halogens is 1. The van der Waals surface area contributed by atoms with Gasteiger partial charge in [-0.15, -0.1) is 0 Å². The second-order valence-electron chi connectivity index (χ2n) is 3.86. The van der Waals surface area contributed by atoms with Gasteiger partial charge in [-0.1, -0.05) is 22.6 Å². The van der Waals surface area contributed by atoms with Crippen molar-refractivity contribution < 1.29 is 29.6 Å². The smallest absolute Gasteiger partial charge is 0.221 e. The Kier molecular flexibility index (Phi) is 6.93. The van der Waals surface area contributed by atoms with Crippen molar-refractivity contribution in [3.8, 4) is 0 Å². The minimum absolute atomic E-state index is 0.0526. The third-order valence-corrected chi connectivity index (χ3v) is 3.88. The maximum absolute atomic E-state index is 10.9. The molecule has 9 nitrogen and oxygen atoms in total. The first-order chi connectivity index (χ1) is 9.01. The van der Waals surface area contributed by atoms with Crippen molar-refractivity contribution in [2.45, 2.75) is 34.9 Å². The van der Waals surface area contributed by atoms with E-state index in [4.69, 9.17) is 20.1 Å². The zero-order chi connectivity index (χ0) is 14.4. The number of hydrogen-bond acceptors (Lipinski definition) is 6. The van der Waals surface area contributed by atoms with Gasteiger partial charge < -0.3 is 24.8 Å². The van der Waals surface area contributed by atoms with Crippen LogP contribution in [0.25, 0.3) is 10.4 Å². The predicted octanol–water partition coefficient (Wildman–Crippen LogP) is -0.527. The monoisotopic (exact) mass is 387 g/mol. The zero-order valence-corrected chi connectivity index (χ0v) is 12.0. The highest BCUT2D eigenvalue weighted by atomic mass is 127. The van der Waals surface area contributed by atoms with Crippen LogP contribution in [0.15, 0.2) is 5.11 Å². The molecule has 19 heavy (non-hydrogen) atoms. The van der Waals surface area contributed by atoms with Crippen LogP contribution >= 0.6 is 22.6 Å². The number of azide groups is 1. The average molecular weight is 387 g/mol. The van der Waals surface area contributed by atoms with Crippen molar-refractivity contribution in [2.75, 3.05) is 13.2 Å². The molecule has 1 rings (SSSR count). The Hall–Kier alpha value is -0.490. The van der Waals surface area contributed by atoms with Gasteiger partial charge in [0.15, 0.2) is 6.29 Å². The summed E-state index contributed by atoms with van der Waals surface area (Å²) in [6.07, 6.45) is -4.23. The Labute approximate surface area is 122 Å². The second kappa shape index (κ2) is 7.94. The molecule has 1 aliphatic rings. The number of ether oxygens (including phenoxy) is 2. The van der Waals surface area contributed by atoms with E-state index in [1.165, 1.54) is 0 Å². The van der Waals surface area contributed by atoms with Crippen LogP contribution in [0.4, 0.5) is 0 Å². The van der Waals surface area contributed by atoms with Gasteiger partial charge in [0.2, 0.25) is 5.91 Å². The Balaban J connectivity index is 2.48. The number of carbonyl (C=O) groups is 1. The van der Waals surface area contributed by atoms with E-state index in [1.54, 1.807) is 0 Å². The largest absolute Gasteiger partial charge is 0.394 e. The lowest BCUT2D eigenvalue weighted by molar-refractivity contribution is -0.249. The molecule has 1 aliphatic heterocycles. The van der Waals surface area contributed by atoms with Crippen molar-refractivity contribution in [1.29, 1.82) is 0 Å². The van der Waals surface area contributed by atoms with Gasteiger partial charge >= 0.3 is 0 Å². The van der Waals surface area contributed by atoms with Crippen LogP contribution in [0.5, 0.6) is 0 Å². The van der Waals surface area contributed by atoms with E-state index >= 15 is 0 Å². The summed E-state index contributed by atoms with van der Waals surface area (Å²) in [6.45, 7) is -0.512. The number of alkyl halides is 1. The van der Waals surface area contributed by atoms with Crippen molar-refractivity contribution in [3.63, 3.8) is 0 Å². The first kappa shape index (κ1) is 16.6. The van der Waals surface area contributed by atoms with Crippen LogP contribution in [0, 0.1) is 0 Å². The maximum Gasteiger partial charge on any atom is 0.221 e. The molecule has 1 heterocycles. The first-order valence-electron chi connectivity index (χ1n) is 5.47. The SMILES string of the molecule is [N-]=[N+]=NC(=O)CCOC1OC(CO)C(O)C(O)C1I. The summed E-state index contributed by atoms with van der Waals surface area (Å²) in [5.41, 5.74) is 8.04. The van der Waals surface area contributed by atoms with Crippen LogP contribution in [-0.2, 0) is 14.3 Å². The average Bonchev–Trinajstić information content (AvgIpc) is 2.39. The summed E-state index contributed by atoms with van der Waals surface area (Å²) < 4.78 is 9.96. The molecular formula is C9H14IN3O6. The molecule has 1 amide bonds.